The molecule has 0 bridgehead atoms. The second-order valence-corrected chi connectivity index (χ2v) is 5.60. The Morgan fingerprint density at radius 2 is 2.15 bits per heavy atom. The second-order valence-electron chi connectivity index (χ2n) is 5.60. The van der Waals surface area contributed by atoms with Gasteiger partial charge < -0.3 is 15.7 Å². The first-order valence-electron chi connectivity index (χ1n) is 7.40. The number of hydrogen-bond donors (Lipinski definition) is 3. The maximum atomic E-state index is 12.2. The van der Waals surface area contributed by atoms with Crippen molar-refractivity contribution in [1.82, 2.24) is 5.32 Å². The van der Waals surface area contributed by atoms with E-state index in [1.165, 1.54) is 5.56 Å². The van der Waals surface area contributed by atoms with E-state index >= 15 is 0 Å². The normalized spacial score (nSPS) is 13.8. The molecule has 1 amide bonds. The molecule has 0 radical (unpaired) electrons. The summed E-state index contributed by atoms with van der Waals surface area (Å²) in [4.78, 5) is 12.2. The van der Waals surface area contributed by atoms with Gasteiger partial charge in [-0.15, -0.1) is 0 Å². The van der Waals surface area contributed by atoms with Gasteiger partial charge in [-0.1, -0.05) is 19.9 Å². The van der Waals surface area contributed by atoms with E-state index in [1.54, 1.807) is 0 Å². The maximum absolute atomic E-state index is 12.2. The Kier molecular flexibility index (Phi) is 4.65. The summed E-state index contributed by atoms with van der Waals surface area (Å²) in [5.41, 5.74) is 2.81. The molecule has 1 aromatic rings. The number of aliphatic hydroxyl groups is 1. The van der Waals surface area contributed by atoms with Crippen molar-refractivity contribution in [2.24, 2.45) is 5.41 Å². The van der Waals surface area contributed by atoms with Crippen LogP contribution < -0.4 is 10.6 Å². The van der Waals surface area contributed by atoms with Gasteiger partial charge in [-0.3, -0.25) is 4.79 Å². The highest BCUT2D eigenvalue weighted by molar-refractivity contribution is 5.95. The molecule has 0 unspecified atom stereocenters. The molecule has 0 aromatic heterocycles. The van der Waals surface area contributed by atoms with Crippen LogP contribution in [0.1, 0.15) is 42.6 Å². The number of anilines is 1. The SMILES string of the molecule is CCC(CC)(CO)CNC(=O)c1ccc2c(c1)NCC2. The van der Waals surface area contributed by atoms with Gasteiger partial charge >= 0.3 is 0 Å². The van der Waals surface area contributed by atoms with Crippen molar-refractivity contribution in [3.05, 3.63) is 29.3 Å². The van der Waals surface area contributed by atoms with Gasteiger partial charge in [0.25, 0.3) is 5.91 Å². The van der Waals surface area contributed by atoms with Gasteiger partial charge in [0.15, 0.2) is 0 Å². The van der Waals surface area contributed by atoms with Crippen LogP contribution in [0.15, 0.2) is 18.2 Å². The molecule has 110 valence electrons. The second kappa shape index (κ2) is 6.27. The molecule has 4 heteroatoms. The highest BCUT2D eigenvalue weighted by atomic mass is 16.3. The minimum atomic E-state index is -0.204. The summed E-state index contributed by atoms with van der Waals surface area (Å²) in [7, 11) is 0. The number of benzene rings is 1. The van der Waals surface area contributed by atoms with Crippen LogP contribution in [0.4, 0.5) is 5.69 Å². The number of aliphatic hydroxyl groups excluding tert-OH is 1. The molecule has 0 saturated carbocycles. The van der Waals surface area contributed by atoms with Crippen molar-refractivity contribution in [2.45, 2.75) is 33.1 Å². The number of rotatable bonds is 6. The third kappa shape index (κ3) is 2.96. The molecule has 3 N–H and O–H groups in total. The number of amides is 1. The predicted molar refractivity (Wildman–Crippen MR) is 81.1 cm³/mol. The topological polar surface area (TPSA) is 61.4 Å². The lowest BCUT2D eigenvalue weighted by Gasteiger charge is -2.29. The molecular formula is C16H24N2O2. The third-order valence-electron chi connectivity index (χ3n) is 4.54. The monoisotopic (exact) mass is 276 g/mol. The molecule has 0 aliphatic carbocycles. The minimum Gasteiger partial charge on any atom is -0.396 e. The van der Waals surface area contributed by atoms with Crippen molar-refractivity contribution < 1.29 is 9.90 Å². The van der Waals surface area contributed by atoms with E-state index in [9.17, 15) is 9.90 Å². The molecule has 20 heavy (non-hydrogen) atoms. The molecule has 1 aromatic carbocycles. The van der Waals surface area contributed by atoms with Crippen molar-refractivity contribution in [1.29, 1.82) is 0 Å². The standard InChI is InChI=1S/C16H24N2O2/c1-3-16(4-2,11-19)10-18-15(20)13-6-5-12-7-8-17-14(12)9-13/h5-6,9,17,19H,3-4,7-8,10-11H2,1-2H3,(H,18,20). The number of carbonyl (C=O) groups is 1. The van der Waals surface area contributed by atoms with Crippen LogP contribution in [-0.4, -0.2) is 30.7 Å². The molecule has 0 spiro atoms. The lowest BCUT2D eigenvalue weighted by Crippen LogP contribution is -2.39. The minimum absolute atomic E-state index is 0.0683. The number of fused-ring (bicyclic) bond motifs is 1. The smallest absolute Gasteiger partial charge is 0.251 e. The van der Waals surface area contributed by atoms with E-state index in [0.29, 0.717) is 12.1 Å². The van der Waals surface area contributed by atoms with Gasteiger partial charge in [0.1, 0.15) is 0 Å². The van der Waals surface area contributed by atoms with Crippen molar-refractivity contribution >= 4 is 11.6 Å². The van der Waals surface area contributed by atoms with Gasteiger partial charge in [0.05, 0.1) is 6.61 Å². The molecule has 0 atom stereocenters. The van der Waals surface area contributed by atoms with Crippen molar-refractivity contribution in [3.63, 3.8) is 0 Å². The highest BCUT2D eigenvalue weighted by Crippen LogP contribution is 2.25. The summed E-state index contributed by atoms with van der Waals surface area (Å²) in [6.07, 6.45) is 2.73. The van der Waals surface area contributed by atoms with E-state index in [-0.39, 0.29) is 17.9 Å². The molecule has 1 aliphatic heterocycles. The van der Waals surface area contributed by atoms with Crippen LogP contribution in [0.25, 0.3) is 0 Å². The lowest BCUT2D eigenvalue weighted by atomic mass is 9.83. The first-order valence-corrected chi connectivity index (χ1v) is 7.40. The molecule has 2 rings (SSSR count). The van der Waals surface area contributed by atoms with E-state index in [4.69, 9.17) is 0 Å². The Morgan fingerprint density at radius 3 is 2.80 bits per heavy atom. The summed E-state index contributed by atoms with van der Waals surface area (Å²) in [6, 6.07) is 5.80. The fraction of sp³-hybridized carbons (Fsp3) is 0.562. The van der Waals surface area contributed by atoms with Crippen LogP contribution >= 0.6 is 0 Å². The summed E-state index contributed by atoms with van der Waals surface area (Å²) in [5.74, 6) is -0.0683. The fourth-order valence-corrected chi connectivity index (χ4v) is 2.58. The molecule has 0 fully saturated rings. The molecule has 1 heterocycles. The van der Waals surface area contributed by atoms with Crippen molar-refractivity contribution in [3.8, 4) is 0 Å². The van der Waals surface area contributed by atoms with E-state index in [2.05, 4.69) is 10.6 Å². The third-order valence-corrected chi connectivity index (χ3v) is 4.54. The fourth-order valence-electron chi connectivity index (χ4n) is 2.58. The van der Waals surface area contributed by atoms with Gasteiger partial charge in [-0.2, -0.15) is 0 Å². The summed E-state index contributed by atoms with van der Waals surface area (Å²) < 4.78 is 0. The van der Waals surface area contributed by atoms with Crippen LogP contribution in [0.2, 0.25) is 0 Å². The van der Waals surface area contributed by atoms with E-state index < -0.39 is 0 Å². The van der Waals surface area contributed by atoms with E-state index in [0.717, 1.165) is 31.5 Å². The maximum Gasteiger partial charge on any atom is 0.251 e. The zero-order valence-electron chi connectivity index (χ0n) is 12.3. The van der Waals surface area contributed by atoms with Crippen LogP contribution in [0, 0.1) is 5.41 Å². The predicted octanol–water partition coefficient (Wildman–Crippen LogP) is 2.18. The largest absolute Gasteiger partial charge is 0.396 e. The first kappa shape index (κ1) is 14.9. The average molecular weight is 276 g/mol. The average Bonchev–Trinajstić information content (AvgIpc) is 2.96. The first-order chi connectivity index (χ1) is 9.64. The quantitative estimate of drug-likeness (QED) is 0.746. The van der Waals surface area contributed by atoms with Gasteiger partial charge in [0, 0.05) is 29.8 Å². The Balaban J connectivity index is 2.02. The number of hydrogen-bond acceptors (Lipinski definition) is 3. The van der Waals surface area contributed by atoms with Gasteiger partial charge in [0.2, 0.25) is 0 Å². The van der Waals surface area contributed by atoms with Crippen LogP contribution in [0.3, 0.4) is 0 Å². The summed E-state index contributed by atoms with van der Waals surface area (Å²) in [6.45, 7) is 5.65. The highest BCUT2D eigenvalue weighted by Gasteiger charge is 2.26. The zero-order valence-corrected chi connectivity index (χ0v) is 12.3. The molecule has 4 nitrogen and oxygen atoms in total. The Morgan fingerprint density at radius 1 is 1.40 bits per heavy atom. The van der Waals surface area contributed by atoms with E-state index in [1.807, 2.05) is 32.0 Å². The van der Waals surface area contributed by atoms with Gasteiger partial charge in [-0.25, -0.2) is 0 Å². The van der Waals surface area contributed by atoms with Crippen LogP contribution in [-0.2, 0) is 6.42 Å². The van der Waals surface area contributed by atoms with Gasteiger partial charge in [-0.05, 0) is 37.0 Å². The summed E-state index contributed by atoms with van der Waals surface area (Å²) in [5, 5.41) is 15.8. The number of carbonyl (C=O) groups excluding carboxylic acids is 1. The van der Waals surface area contributed by atoms with Crippen LogP contribution in [0.5, 0.6) is 0 Å². The molecule has 0 saturated heterocycles. The molecule has 1 aliphatic rings. The summed E-state index contributed by atoms with van der Waals surface area (Å²) >= 11 is 0. The Hall–Kier alpha value is -1.55. The molecular weight excluding hydrogens is 252 g/mol. The zero-order chi connectivity index (χ0) is 14.6. The lowest BCUT2D eigenvalue weighted by molar-refractivity contribution is 0.0851. The number of nitrogens with one attached hydrogen (secondary N) is 2. The van der Waals surface area contributed by atoms with Crippen molar-refractivity contribution in [2.75, 3.05) is 25.0 Å². The Bertz CT molecular complexity index is 473. The Labute approximate surface area is 120 Å².